The lowest BCUT2D eigenvalue weighted by Crippen LogP contribution is -2.45. The van der Waals surface area contributed by atoms with E-state index in [0.29, 0.717) is 11.3 Å². The molecule has 0 amide bonds. The van der Waals surface area contributed by atoms with Crippen molar-refractivity contribution in [1.82, 2.24) is 15.6 Å². The maximum atomic E-state index is 12.7. The lowest BCUT2D eigenvalue weighted by Gasteiger charge is -2.34. The molecule has 13 heteroatoms. The summed E-state index contributed by atoms with van der Waals surface area (Å²) in [4.78, 5) is 4.47. The molecule has 1 aromatic heterocycles. The normalized spacial score (nSPS) is 17.9. The molecule has 3 aromatic rings. The number of nitrogens with one attached hydrogen (secondary N) is 3. The van der Waals surface area contributed by atoms with Crippen LogP contribution in [0.25, 0.3) is 0 Å². The summed E-state index contributed by atoms with van der Waals surface area (Å²) in [6.07, 6.45) is -2.74. The van der Waals surface area contributed by atoms with Crippen LogP contribution in [0.1, 0.15) is 40.6 Å². The minimum Gasteiger partial charge on any atom is -0.405 e. The monoisotopic (exact) mass is 572 g/mol. The summed E-state index contributed by atoms with van der Waals surface area (Å²) >= 11 is 0.972. The van der Waals surface area contributed by atoms with Crippen molar-refractivity contribution >= 4 is 27.1 Å². The van der Waals surface area contributed by atoms with Gasteiger partial charge in [-0.15, -0.1) is 24.5 Å². The summed E-state index contributed by atoms with van der Waals surface area (Å²) in [7, 11) is -2.37. The fourth-order valence-corrected chi connectivity index (χ4v) is 5.70. The third kappa shape index (κ3) is 8.67. The number of anilines is 1. The van der Waals surface area contributed by atoms with Crippen molar-refractivity contribution in [2.75, 3.05) is 18.9 Å². The average Bonchev–Trinajstić information content (AvgIpc) is 3.22. The molecule has 8 nitrogen and oxygen atoms in total. The van der Waals surface area contributed by atoms with Crippen LogP contribution in [0.5, 0.6) is 5.75 Å². The van der Waals surface area contributed by atoms with Gasteiger partial charge in [0.2, 0.25) is 4.34 Å². The number of aryl methyl sites for hydroxylation is 2. The molecule has 0 bridgehead atoms. The molecule has 0 radical (unpaired) electrons. The summed E-state index contributed by atoms with van der Waals surface area (Å²) in [5.74, 6) is -0.172. The highest BCUT2D eigenvalue weighted by atomic mass is 32.3. The molecule has 0 saturated carbocycles. The standard InChI is InChI=1S/C20H24F3N3O.C5H7NO3S2/c1-24-16-9-10-18(27-20(21,22)23)15(12-16)13-26-17-8-5-11-25-19(17)14-6-3-2-4-7-14;1-3-4(2)10-5(6-3)11(7,8)9/h2-4,6-7,9-10,12,17,19,24-26H,5,8,11,13H2,1H3;1-2H3,(H,7,8,9)/t17-,19-;/m0./s1. The Bertz CT molecular complexity index is 1280. The molecule has 1 aliphatic rings. The molecule has 1 fully saturated rings. The van der Waals surface area contributed by atoms with E-state index in [2.05, 4.69) is 37.8 Å². The molecule has 0 spiro atoms. The molecule has 1 aliphatic heterocycles. The van der Waals surface area contributed by atoms with Crippen molar-refractivity contribution in [2.45, 2.75) is 56.0 Å². The summed E-state index contributed by atoms with van der Waals surface area (Å²) < 4.78 is 71.7. The van der Waals surface area contributed by atoms with Crippen molar-refractivity contribution in [3.8, 4) is 5.75 Å². The summed E-state index contributed by atoms with van der Waals surface area (Å²) in [6, 6.07) is 14.9. The van der Waals surface area contributed by atoms with Crippen molar-refractivity contribution in [3.63, 3.8) is 0 Å². The van der Waals surface area contributed by atoms with Gasteiger partial charge in [-0.2, -0.15) is 8.42 Å². The highest BCUT2D eigenvalue weighted by Gasteiger charge is 2.32. The zero-order valence-corrected chi connectivity index (χ0v) is 22.8. The van der Waals surface area contributed by atoms with Crippen LogP contribution in [0.15, 0.2) is 52.9 Å². The van der Waals surface area contributed by atoms with E-state index in [-0.39, 0.29) is 28.7 Å². The number of nitrogens with zero attached hydrogens (tertiary/aromatic N) is 1. The maximum Gasteiger partial charge on any atom is 0.573 e. The van der Waals surface area contributed by atoms with E-state index in [1.54, 1.807) is 33.0 Å². The average molecular weight is 573 g/mol. The molecule has 0 aliphatic carbocycles. The Morgan fingerprint density at radius 1 is 1.18 bits per heavy atom. The Morgan fingerprint density at radius 2 is 1.89 bits per heavy atom. The number of piperidine rings is 1. The number of halogens is 3. The molecule has 0 unspecified atom stereocenters. The van der Waals surface area contributed by atoms with Crippen LogP contribution in [-0.4, -0.2) is 44.0 Å². The summed E-state index contributed by atoms with van der Waals surface area (Å²) in [6.45, 7) is 4.66. The van der Waals surface area contributed by atoms with E-state index in [9.17, 15) is 21.6 Å². The van der Waals surface area contributed by atoms with Crippen LogP contribution in [0, 0.1) is 13.8 Å². The number of alkyl halides is 3. The third-order valence-corrected chi connectivity index (χ3v) is 8.26. The fraction of sp³-hybridized carbons (Fsp3) is 0.400. The fourth-order valence-electron chi connectivity index (χ4n) is 4.01. The van der Waals surface area contributed by atoms with Gasteiger partial charge in [-0.05, 0) is 57.0 Å². The van der Waals surface area contributed by atoms with Crippen LogP contribution in [0.2, 0.25) is 0 Å². The van der Waals surface area contributed by atoms with Gasteiger partial charge in [-0.3, -0.25) is 4.55 Å². The SMILES string of the molecule is CNc1ccc(OC(F)(F)F)c(CN[C@H]2CCCN[C@H]2c2ccccc2)c1.Cc1nc(S(=O)(=O)O)sc1C. The first-order valence-electron chi connectivity index (χ1n) is 11.9. The number of ether oxygens (including phenoxy) is 1. The highest BCUT2D eigenvalue weighted by Crippen LogP contribution is 2.30. The summed E-state index contributed by atoms with van der Waals surface area (Å²) in [5.41, 5.74) is 3.02. The van der Waals surface area contributed by atoms with Crippen LogP contribution in [-0.2, 0) is 16.7 Å². The molecule has 208 valence electrons. The number of benzene rings is 2. The van der Waals surface area contributed by atoms with Crippen molar-refractivity contribution in [3.05, 3.63) is 70.2 Å². The van der Waals surface area contributed by atoms with Gasteiger partial charge >= 0.3 is 16.5 Å². The first-order valence-corrected chi connectivity index (χ1v) is 14.1. The van der Waals surface area contributed by atoms with E-state index in [1.165, 1.54) is 11.6 Å². The zero-order valence-electron chi connectivity index (χ0n) is 21.2. The van der Waals surface area contributed by atoms with Gasteiger partial charge in [0, 0.05) is 41.8 Å². The quantitative estimate of drug-likeness (QED) is 0.285. The van der Waals surface area contributed by atoms with Gasteiger partial charge in [-0.25, -0.2) is 4.98 Å². The van der Waals surface area contributed by atoms with Crippen LogP contribution in [0.3, 0.4) is 0 Å². The Hall–Kier alpha value is -2.71. The lowest BCUT2D eigenvalue weighted by atomic mass is 9.92. The second kappa shape index (κ2) is 12.9. The van der Waals surface area contributed by atoms with Gasteiger partial charge in [0.05, 0.1) is 5.69 Å². The Kier molecular flexibility index (Phi) is 10.1. The second-order valence-electron chi connectivity index (χ2n) is 8.69. The maximum absolute atomic E-state index is 12.7. The molecular formula is C25H31F3N4O4S2. The molecule has 1 saturated heterocycles. The van der Waals surface area contributed by atoms with E-state index < -0.39 is 16.5 Å². The first-order chi connectivity index (χ1) is 17.9. The second-order valence-corrected chi connectivity index (χ2v) is 11.5. The van der Waals surface area contributed by atoms with Crippen molar-refractivity contribution < 1.29 is 30.9 Å². The largest absolute Gasteiger partial charge is 0.573 e. The predicted octanol–water partition coefficient (Wildman–Crippen LogP) is 5.22. The first kappa shape index (κ1) is 29.8. The summed E-state index contributed by atoms with van der Waals surface area (Å²) in [5, 5.41) is 9.89. The third-order valence-electron chi connectivity index (χ3n) is 5.98. The van der Waals surface area contributed by atoms with E-state index in [1.807, 2.05) is 18.2 Å². The molecule has 4 N–H and O–H groups in total. The van der Waals surface area contributed by atoms with Crippen LogP contribution in [0.4, 0.5) is 18.9 Å². The molecule has 2 aromatic carbocycles. The van der Waals surface area contributed by atoms with Crippen molar-refractivity contribution in [1.29, 1.82) is 0 Å². The molecule has 2 atom stereocenters. The molecular weight excluding hydrogens is 541 g/mol. The Labute approximate surface area is 224 Å². The number of rotatable bonds is 7. The Balaban J connectivity index is 0.000000304. The Morgan fingerprint density at radius 3 is 2.45 bits per heavy atom. The molecule has 38 heavy (non-hydrogen) atoms. The van der Waals surface area contributed by atoms with Gasteiger partial charge in [0.25, 0.3) is 0 Å². The minimum atomic E-state index is -4.71. The number of hydrogen-bond acceptors (Lipinski definition) is 8. The van der Waals surface area contributed by atoms with Gasteiger partial charge in [0.1, 0.15) is 5.75 Å². The predicted molar refractivity (Wildman–Crippen MR) is 141 cm³/mol. The van der Waals surface area contributed by atoms with Crippen LogP contribution < -0.4 is 20.7 Å². The molecule has 4 rings (SSSR count). The van der Waals surface area contributed by atoms with Crippen LogP contribution >= 0.6 is 11.3 Å². The van der Waals surface area contributed by atoms with Crippen molar-refractivity contribution in [2.24, 2.45) is 0 Å². The topological polar surface area (TPSA) is 113 Å². The van der Waals surface area contributed by atoms with E-state index >= 15 is 0 Å². The number of hydrogen-bond donors (Lipinski definition) is 4. The lowest BCUT2D eigenvalue weighted by molar-refractivity contribution is -0.274. The smallest absolute Gasteiger partial charge is 0.405 e. The molecule has 2 heterocycles. The minimum absolute atomic E-state index is 0.123. The zero-order chi connectivity index (χ0) is 27.9. The van der Waals surface area contributed by atoms with E-state index in [0.717, 1.165) is 41.3 Å². The highest BCUT2D eigenvalue weighted by molar-refractivity contribution is 7.88. The van der Waals surface area contributed by atoms with Gasteiger partial charge in [0.15, 0.2) is 0 Å². The van der Waals surface area contributed by atoms with E-state index in [4.69, 9.17) is 4.55 Å². The van der Waals surface area contributed by atoms with Gasteiger partial charge in [-0.1, -0.05) is 30.3 Å². The van der Waals surface area contributed by atoms with Gasteiger partial charge < -0.3 is 20.7 Å². The number of aromatic nitrogens is 1. The number of thiazole rings is 1.